The minimum Gasteiger partial charge on any atom is -0.454 e. The molecule has 0 fully saturated rings. The molecular formula is C21H21N7O3. The Labute approximate surface area is 177 Å². The second-order valence-corrected chi connectivity index (χ2v) is 7.19. The van der Waals surface area contributed by atoms with Crippen molar-refractivity contribution in [2.24, 2.45) is 0 Å². The summed E-state index contributed by atoms with van der Waals surface area (Å²) in [6.45, 7) is 5.71. The molecule has 3 aromatic heterocycles. The van der Waals surface area contributed by atoms with Crippen LogP contribution in [0.1, 0.15) is 28.7 Å². The van der Waals surface area contributed by atoms with Crippen LogP contribution >= 0.6 is 0 Å². The maximum Gasteiger partial charge on any atom is 0.273 e. The van der Waals surface area contributed by atoms with Gasteiger partial charge in [0.15, 0.2) is 11.5 Å². The lowest BCUT2D eigenvalue weighted by Gasteiger charge is -2.03. The van der Waals surface area contributed by atoms with Gasteiger partial charge < -0.3 is 14.8 Å². The Morgan fingerprint density at radius 1 is 1.19 bits per heavy atom. The van der Waals surface area contributed by atoms with Crippen LogP contribution in [0.25, 0.3) is 11.3 Å². The Balaban J connectivity index is 1.26. The van der Waals surface area contributed by atoms with Gasteiger partial charge in [0.05, 0.1) is 30.3 Å². The molecule has 0 spiro atoms. The average Bonchev–Trinajstić information content (AvgIpc) is 3.56. The van der Waals surface area contributed by atoms with Gasteiger partial charge in [0.25, 0.3) is 5.91 Å². The number of aromatic amines is 1. The molecule has 10 heteroatoms. The molecule has 5 rings (SSSR count). The smallest absolute Gasteiger partial charge is 0.273 e. The summed E-state index contributed by atoms with van der Waals surface area (Å²) in [5, 5.41) is 18.6. The standard InChI is InChI=1S/C21H21N7O3/c1-3-28-13(2)15(8-23-28)10-27-11-16(9-22-27)24-21(29)18-7-17(25-26-18)14-4-5-19-20(6-14)31-12-30-19/h4-9,11H,3,10,12H2,1-2H3,(H,24,29)(H,25,26). The first-order valence-corrected chi connectivity index (χ1v) is 9.91. The summed E-state index contributed by atoms with van der Waals surface area (Å²) in [5.74, 6) is 1.07. The number of hydrogen-bond donors (Lipinski definition) is 2. The lowest BCUT2D eigenvalue weighted by atomic mass is 10.1. The van der Waals surface area contributed by atoms with Crippen LogP contribution in [0.15, 0.2) is 42.9 Å². The van der Waals surface area contributed by atoms with E-state index in [0.29, 0.717) is 35.1 Å². The molecule has 1 aromatic carbocycles. The van der Waals surface area contributed by atoms with Crippen molar-refractivity contribution in [3.63, 3.8) is 0 Å². The average molecular weight is 419 g/mol. The number of aryl methyl sites for hydroxylation is 1. The van der Waals surface area contributed by atoms with Gasteiger partial charge in [0.2, 0.25) is 6.79 Å². The zero-order chi connectivity index (χ0) is 21.4. The van der Waals surface area contributed by atoms with Gasteiger partial charge in [0, 0.05) is 29.6 Å². The fourth-order valence-electron chi connectivity index (χ4n) is 3.49. The molecule has 0 saturated carbocycles. The van der Waals surface area contributed by atoms with Crippen LogP contribution < -0.4 is 14.8 Å². The van der Waals surface area contributed by atoms with Gasteiger partial charge in [-0.15, -0.1) is 0 Å². The lowest BCUT2D eigenvalue weighted by molar-refractivity contribution is 0.102. The third kappa shape index (κ3) is 3.63. The van der Waals surface area contributed by atoms with Crippen molar-refractivity contribution < 1.29 is 14.3 Å². The number of amides is 1. The minimum absolute atomic E-state index is 0.210. The minimum atomic E-state index is -0.297. The third-order valence-electron chi connectivity index (χ3n) is 5.22. The number of ether oxygens (including phenoxy) is 2. The molecule has 1 amide bonds. The number of aromatic nitrogens is 6. The van der Waals surface area contributed by atoms with Crippen LogP contribution in [-0.4, -0.2) is 42.5 Å². The number of rotatable bonds is 6. The summed E-state index contributed by atoms with van der Waals surface area (Å²) in [4.78, 5) is 12.6. The van der Waals surface area contributed by atoms with Crippen LogP contribution in [-0.2, 0) is 13.1 Å². The van der Waals surface area contributed by atoms with E-state index in [2.05, 4.69) is 32.6 Å². The highest BCUT2D eigenvalue weighted by atomic mass is 16.7. The van der Waals surface area contributed by atoms with Gasteiger partial charge >= 0.3 is 0 Å². The Morgan fingerprint density at radius 2 is 2.06 bits per heavy atom. The molecule has 0 atom stereocenters. The van der Waals surface area contributed by atoms with E-state index in [1.807, 2.05) is 36.0 Å². The second-order valence-electron chi connectivity index (χ2n) is 7.19. The first-order valence-electron chi connectivity index (χ1n) is 9.91. The molecule has 1 aliphatic heterocycles. The van der Waals surface area contributed by atoms with Crippen molar-refractivity contribution in [3.05, 3.63) is 59.8 Å². The first kappa shape index (κ1) is 18.9. The van der Waals surface area contributed by atoms with Gasteiger partial charge in [-0.2, -0.15) is 15.3 Å². The van der Waals surface area contributed by atoms with Crippen LogP contribution in [0.2, 0.25) is 0 Å². The topological polar surface area (TPSA) is 112 Å². The lowest BCUT2D eigenvalue weighted by Crippen LogP contribution is -2.11. The number of carbonyl (C=O) groups is 1. The zero-order valence-corrected chi connectivity index (χ0v) is 17.1. The van der Waals surface area contributed by atoms with E-state index in [1.54, 1.807) is 23.1 Å². The van der Waals surface area contributed by atoms with Crippen LogP contribution in [0.4, 0.5) is 5.69 Å². The predicted molar refractivity (Wildman–Crippen MR) is 112 cm³/mol. The molecule has 10 nitrogen and oxygen atoms in total. The molecule has 31 heavy (non-hydrogen) atoms. The molecule has 0 unspecified atom stereocenters. The summed E-state index contributed by atoms with van der Waals surface area (Å²) in [6.07, 6.45) is 5.25. The van der Waals surface area contributed by atoms with Crippen molar-refractivity contribution in [3.8, 4) is 22.8 Å². The third-order valence-corrected chi connectivity index (χ3v) is 5.22. The Hall–Kier alpha value is -4.08. The Bertz CT molecular complexity index is 1250. The highest BCUT2D eigenvalue weighted by Gasteiger charge is 2.17. The summed E-state index contributed by atoms with van der Waals surface area (Å²) in [7, 11) is 0. The van der Waals surface area contributed by atoms with E-state index in [1.165, 1.54) is 0 Å². The highest BCUT2D eigenvalue weighted by Crippen LogP contribution is 2.35. The maximum absolute atomic E-state index is 12.6. The molecule has 4 heterocycles. The molecule has 158 valence electrons. The Kier molecular flexibility index (Phi) is 4.66. The largest absolute Gasteiger partial charge is 0.454 e. The fraction of sp³-hybridized carbons (Fsp3) is 0.238. The number of nitrogens with zero attached hydrogens (tertiary/aromatic N) is 5. The second kappa shape index (κ2) is 7.63. The number of hydrogen-bond acceptors (Lipinski definition) is 6. The fourth-order valence-corrected chi connectivity index (χ4v) is 3.49. The summed E-state index contributed by atoms with van der Waals surface area (Å²) in [6, 6.07) is 7.23. The van der Waals surface area contributed by atoms with E-state index in [4.69, 9.17) is 9.47 Å². The molecule has 4 aromatic rings. The number of anilines is 1. The molecule has 2 N–H and O–H groups in total. The van der Waals surface area contributed by atoms with E-state index >= 15 is 0 Å². The predicted octanol–water partition coefficient (Wildman–Crippen LogP) is 2.83. The van der Waals surface area contributed by atoms with Crippen molar-refractivity contribution >= 4 is 11.6 Å². The molecule has 0 radical (unpaired) electrons. The number of benzene rings is 1. The van der Waals surface area contributed by atoms with Gasteiger partial charge in [-0.25, -0.2) is 0 Å². The number of fused-ring (bicyclic) bond motifs is 1. The number of H-pyrrole nitrogens is 1. The van der Waals surface area contributed by atoms with Crippen molar-refractivity contribution in [1.82, 2.24) is 29.8 Å². The van der Waals surface area contributed by atoms with Crippen LogP contribution in [0.3, 0.4) is 0 Å². The van der Waals surface area contributed by atoms with E-state index < -0.39 is 0 Å². The summed E-state index contributed by atoms with van der Waals surface area (Å²) in [5.41, 5.74) is 4.62. The SMILES string of the molecule is CCn1ncc(Cn2cc(NC(=O)c3cc(-c4ccc5c(c4)OCO5)n[nH]3)cn2)c1C. The summed E-state index contributed by atoms with van der Waals surface area (Å²) < 4.78 is 14.4. The van der Waals surface area contributed by atoms with Crippen molar-refractivity contribution in [2.45, 2.75) is 26.9 Å². The molecule has 0 saturated heterocycles. The van der Waals surface area contributed by atoms with Gasteiger partial charge in [-0.3, -0.25) is 19.3 Å². The van der Waals surface area contributed by atoms with Gasteiger partial charge in [-0.05, 0) is 38.1 Å². The van der Waals surface area contributed by atoms with Crippen LogP contribution in [0, 0.1) is 6.92 Å². The van der Waals surface area contributed by atoms with Gasteiger partial charge in [0.1, 0.15) is 5.69 Å². The Morgan fingerprint density at radius 3 is 2.90 bits per heavy atom. The highest BCUT2D eigenvalue weighted by molar-refractivity contribution is 6.03. The maximum atomic E-state index is 12.6. The van der Waals surface area contributed by atoms with Crippen molar-refractivity contribution in [1.29, 1.82) is 0 Å². The number of nitrogens with one attached hydrogen (secondary N) is 2. The number of carbonyl (C=O) groups excluding carboxylic acids is 1. The quantitative estimate of drug-likeness (QED) is 0.497. The van der Waals surface area contributed by atoms with E-state index in [-0.39, 0.29) is 12.7 Å². The summed E-state index contributed by atoms with van der Waals surface area (Å²) >= 11 is 0. The molecular weight excluding hydrogens is 398 g/mol. The first-order chi connectivity index (χ1) is 15.1. The van der Waals surface area contributed by atoms with E-state index in [0.717, 1.165) is 23.4 Å². The van der Waals surface area contributed by atoms with Gasteiger partial charge in [-0.1, -0.05) is 0 Å². The normalized spacial score (nSPS) is 12.3. The molecule has 0 aliphatic carbocycles. The zero-order valence-electron chi connectivity index (χ0n) is 17.1. The molecule has 1 aliphatic rings. The van der Waals surface area contributed by atoms with Crippen LogP contribution in [0.5, 0.6) is 11.5 Å². The molecule has 0 bridgehead atoms. The monoisotopic (exact) mass is 419 g/mol. The van der Waals surface area contributed by atoms with E-state index in [9.17, 15) is 4.79 Å². The van der Waals surface area contributed by atoms with Crippen molar-refractivity contribution in [2.75, 3.05) is 12.1 Å².